The number of rotatable bonds is 11. The molecule has 1 aliphatic heterocycles. The van der Waals surface area contributed by atoms with Crippen LogP contribution in [0.2, 0.25) is 0 Å². The van der Waals surface area contributed by atoms with E-state index >= 15 is 0 Å². The van der Waals surface area contributed by atoms with Crippen molar-refractivity contribution in [3.05, 3.63) is 29.8 Å². The van der Waals surface area contributed by atoms with Gasteiger partial charge in [0.1, 0.15) is 6.10 Å². The van der Waals surface area contributed by atoms with Crippen LogP contribution >= 0.6 is 0 Å². The van der Waals surface area contributed by atoms with Gasteiger partial charge in [0.05, 0.1) is 0 Å². The molecular weight excluding hydrogens is 286 g/mol. The number of benzene rings is 1. The molecule has 1 fully saturated rings. The molecule has 0 spiro atoms. The number of Topliss-reactive ketones (excluding diaryl/α,β-unsaturated/α-hetero) is 1. The molecule has 0 amide bonds. The number of carbonyl (C=O) groups excluding carboxylic acids is 1. The van der Waals surface area contributed by atoms with Crippen LogP contribution in [0, 0.1) is 5.92 Å². The number of para-hydroxylation sites is 1. The third-order valence-corrected chi connectivity index (χ3v) is 4.45. The van der Waals surface area contributed by atoms with E-state index in [1.165, 1.54) is 32.1 Å². The molecular formula is C20H31NO2. The Morgan fingerprint density at radius 3 is 2.65 bits per heavy atom. The van der Waals surface area contributed by atoms with Gasteiger partial charge in [-0.25, -0.2) is 0 Å². The fourth-order valence-electron chi connectivity index (χ4n) is 2.94. The van der Waals surface area contributed by atoms with Gasteiger partial charge in [0.2, 0.25) is 0 Å². The lowest BCUT2D eigenvalue weighted by molar-refractivity contribution is 0.0989. The second-order valence-electron chi connectivity index (χ2n) is 6.95. The van der Waals surface area contributed by atoms with Crippen molar-refractivity contribution in [2.45, 2.75) is 78.0 Å². The second-order valence-corrected chi connectivity index (χ2v) is 6.95. The number of ketones is 1. The highest BCUT2D eigenvalue weighted by Gasteiger charge is 2.38. The fourth-order valence-corrected chi connectivity index (χ4v) is 2.94. The van der Waals surface area contributed by atoms with Crippen LogP contribution in [0.1, 0.15) is 76.1 Å². The zero-order valence-corrected chi connectivity index (χ0v) is 14.8. The maximum absolute atomic E-state index is 12.0. The summed E-state index contributed by atoms with van der Waals surface area (Å²) in [5, 5.41) is 3.37. The predicted molar refractivity (Wildman–Crippen MR) is 95.9 cm³/mol. The van der Waals surface area contributed by atoms with Crippen LogP contribution in [0.25, 0.3) is 0 Å². The molecule has 0 aliphatic carbocycles. The van der Waals surface area contributed by atoms with Crippen molar-refractivity contribution in [2.75, 3.05) is 5.32 Å². The van der Waals surface area contributed by atoms with E-state index in [0.29, 0.717) is 12.5 Å². The lowest BCUT2D eigenvalue weighted by Gasteiger charge is -2.08. The molecule has 1 aromatic carbocycles. The van der Waals surface area contributed by atoms with Crippen molar-refractivity contribution in [1.29, 1.82) is 0 Å². The Labute approximate surface area is 140 Å². The SMILES string of the molecule is CCC(=O)c1ccccc1NC1OC1CCCCCCC(C)C. The van der Waals surface area contributed by atoms with E-state index in [9.17, 15) is 4.79 Å². The minimum atomic E-state index is 0.0801. The third kappa shape index (κ3) is 5.98. The molecule has 128 valence electrons. The normalized spacial score (nSPS) is 19.8. The Kier molecular flexibility index (Phi) is 7.10. The summed E-state index contributed by atoms with van der Waals surface area (Å²) in [6.07, 6.45) is 8.58. The summed E-state index contributed by atoms with van der Waals surface area (Å²) in [5.41, 5.74) is 1.68. The molecule has 1 aliphatic rings. The maximum atomic E-state index is 12.0. The summed E-state index contributed by atoms with van der Waals surface area (Å²) >= 11 is 0. The number of nitrogens with one attached hydrogen (secondary N) is 1. The molecule has 0 radical (unpaired) electrons. The molecule has 3 heteroatoms. The smallest absolute Gasteiger partial charge is 0.164 e. The molecule has 23 heavy (non-hydrogen) atoms. The number of ether oxygens (including phenoxy) is 1. The molecule has 1 saturated heterocycles. The van der Waals surface area contributed by atoms with Crippen LogP contribution in [-0.4, -0.2) is 18.1 Å². The molecule has 0 aromatic heterocycles. The molecule has 2 atom stereocenters. The second kappa shape index (κ2) is 9.07. The monoisotopic (exact) mass is 317 g/mol. The van der Waals surface area contributed by atoms with Gasteiger partial charge in [-0.15, -0.1) is 0 Å². The van der Waals surface area contributed by atoms with Gasteiger partial charge >= 0.3 is 0 Å². The van der Waals surface area contributed by atoms with Gasteiger partial charge in [0.15, 0.2) is 12.0 Å². The minimum absolute atomic E-state index is 0.0801. The number of carbonyl (C=O) groups is 1. The first kappa shape index (κ1) is 18.0. The lowest BCUT2D eigenvalue weighted by Crippen LogP contribution is -2.11. The van der Waals surface area contributed by atoms with Gasteiger partial charge in [-0.05, 0) is 24.5 Å². The van der Waals surface area contributed by atoms with Gasteiger partial charge in [0, 0.05) is 17.7 Å². The third-order valence-electron chi connectivity index (χ3n) is 4.45. The van der Waals surface area contributed by atoms with Crippen LogP contribution < -0.4 is 5.32 Å². The first-order valence-corrected chi connectivity index (χ1v) is 9.16. The van der Waals surface area contributed by atoms with Crippen LogP contribution in [0.15, 0.2) is 24.3 Å². The summed E-state index contributed by atoms with van der Waals surface area (Å²) in [7, 11) is 0. The standard InChI is InChI=1S/C20H31NO2/c1-4-18(22)16-12-9-10-13-17(16)21-20-19(23-20)14-8-6-5-7-11-15(2)3/h9-10,12-13,15,19-21H,4-8,11,14H2,1-3H3. The van der Waals surface area contributed by atoms with Crippen molar-refractivity contribution in [3.63, 3.8) is 0 Å². The number of anilines is 1. The first-order valence-electron chi connectivity index (χ1n) is 9.16. The summed E-state index contributed by atoms with van der Waals surface area (Å²) < 4.78 is 5.71. The summed E-state index contributed by atoms with van der Waals surface area (Å²) in [6, 6.07) is 7.73. The van der Waals surface area contributed by atoms with E-state index in [-0.39, 0.29) is 12.0 Å². The van der Waals surface area contributed by atoms with Gasteiger partial charge in [-0.3, -0.25) is 4.79 Å². The molecule has 0 bridgehead atoms. The van der Waals surface area contributed by atoms with Crippen molar-refractivity contribution in [1.82, 2.24) is 0 Å². The fraction of sp³-hybridized carbons (Fsp3) is 0.650. The van der Waals surface area contributed by atoms with Crippen molar-refractivity contribution in [3.8, 4) is 0 Å². The Hall–Kier alpha value is -1.35. The van der Waals surface area contributed by atoms with Crippen molar-refractivity contribution in [2.24, 2.45) is 5.92 Å². The lowest BCUT2D eigenvalue weighted by atomic mass is 10.0. The highest BCUT2D eigenvalue weighted by Crippen LogP contribution is 2.30. The average Bonchev–Trinajstić information content (AvgIpc) is 3.28. The van der Waals surface area contributed by atoms with Crippen LogP contribution in [0.4, 0.5) is 5.69 Å². The van der Waals surface area contributed by atoms with E-state index in [4.69, 9.17) is 4.74 Å². The van der Waals surface area contributed by atoms with Gasteiger partial charge < -0.3 is 10.1 Å². The highest BCUT2D eigenvalue weighted by atomic mass is 16.6. The number of hydrogen-bond acceptors (Lipinski definition) is 3. The van der Waals surface area contributed by atoms with E-state index in [1.54, 1.807) is 0 Å². The van der Waals surface area contributed by atoms with E-state index in [2.05, 4.69) is 19.2 Å². The average molecular weight is 317 g/mol. The summed E-state index contributed by atoms with van der Waals surface area (Å²) in [5.74, 6) is 0.997. The van der Waals surface area contributed by atoms with Crippen LogP contribution in [-0.2, 0) is 4.74 Å². The zero-order valence-electron chi connectivity index (χ0n) is 14.8. The number of unbranched alkanes of at least 4 members (excludes halogenated alkanes) is 3. The quantitative estimate of drug-likeness (QED) is 0.337. The van der Waals surface area contributed by atoms with E-state index in [0.717, 1.165) is 23.6 Å². The Balaban J connectivity index is 1.67. The van der Waals surface area contributed by atoms with E-state index in [1.807, 2.05) is 31.2 Å². The first-order chi connectivity index (χ1) is 11.1. The van der Waals surface area contributed by atoms with E-state index < -0.39 is 0 Å². The Morgan fingerprint density at radius 2 is 1.91 bits per heavy atom. The molecule has 1 N–H and O–H groups in total. The topological polar surface area (TPSA) is 41.6 Å². The van der Waals surface area contributed by atoms with Crippen LogP contribution in [0.3, 0.4) is 0 Å². The number of epoxide rings is 1. The van der Waals surface area contributed by atoms with Crippen molar-refractivity contribution >= 4 is 11.5 Å². The molecule has 2 unspecified atom stereocenters. The predicted octanol–water partition coefficient (Wildman–Crippen LogP) is 5.41. The summed E-state index contributed by atoms with van der Waals surface area (Å²) in [6.45, 7) is 6.47. The largest absolute Gasteiger partial charge is 0.357 e. The molecule has 3 nitrogen and oxygen atoms in total. The van der Waals surface area contributed by atoms with Gasteiger partial charge in [-0.2, -0.15) is 0 Å². The maximum Gasteiger partial charge on any atom is 0.164 e. The Bertz CT molecular complexity index is 498. The molecule has 1 heterocycles. The van der Waals surface area contributed by atoms with Gasteiger partial charge in [0.25, 0.3) is 0 Å². The Morgan fingerprint density at radius 1 is 1.17 bits per heavy atom. The van der Waals surface area contributed by atoms with Crippen LogP contribution in [0.5, 0.6) is 0 Å². The molecule has 1 aromatic rings. The molecule has 0 saturated carbocycles. The number of hydrogen-bond donors (Lipinski definition) is 1. The summed E-state index contributed by atoms with van der Waals surface area (Å²) in [4.78, 5) is 12.0. The minimum Gasteiger partial charge on any atom is -0.357 e. The van der Waals surface area contributed by atoms with Crippen molar-refractivity contribution < 1.29 is 9.53 Å². The zero-order chi connectivity index (χ0) is 16.7. The van der Waals surface area contributed by atoms with Gasteiger partial charge in [-0.1, -0.05) is 65.0 Å². The molecule has 2 rings (SSSR count). The highest BCUT2D eigenvalue weighted by molar-refractivity contribution is 6.01.